The third kappa shape index (κ3) is 6.30. The molecular formula is C34H45N5O5. The van der Waals surface area contributed by atoms with Gasteiger partial charge in [-0.1, -0.05) is 57.2 Å². The fourth-order valence-corrected chi connectivity index (χ4v) is 7.30. The van der Waals surface area contributed by atoms with Crippen LogP contribution in [0.4, 0.5) is 4.79 Å². The van der Waals surface area contributed by atoms with Gasteiger partial charge in [-0.05, 0) is 72.3 Å². The molecule has 5 unspecified atom stereocenters. The predicted octanol–water partition coefficient (Wildman–Crippen LogP) is 2.28. The maximum Gasteiger partial charge on any atom is 0.315 e. The van der Waals surface area contributed by atoms with Crippen molar-refractivity contribution in [2.75, 3.05) is 13.1 Å². The maximum absolute atomic E-state index is 14.4. The number of hydrogen-bond acceptors (Lipinski definition) is 5. The van der Waals surface area contributed by atoms with Gasteiger partial charge in [-0.2, -0.15) is 0 Å². The molecule has 1 saturated heterocycles. The molecule has 1 heterocycles. The van der Waals surface area contributed by atoms with E-state index in [4.69, 9.17) is 0 Å². The summed E-state index contributed by atoms with van der Waals surface area (Å²) in [5.74, 6) is -2.04. The van der Waals surface area contributed by atoms with Gasteiger partial charge in [0.2, 0.25) is 17.6 Å². The Morgan fingerprint density at radius 3 is 2.30 bits per heavy atom. The third-order valence-corrected chi connectivity index (χ3v) is 10.2. The van der Waals surface area contributed by atoms with Crippen molar-refractivity contribution < 1.29 is 24.0 Å². The van der Waals surface area contributed by atoms with Crippen molar-refractivity contribution in [2.45, 2.75) is 77.0 Å². The number of carbonyl (C=O) groups excluding carboxylic acids is 5. The fraction of sp³-hybridized carbons (Fsp3) is 0.559. The van der Waals surface area contributed by atoms with E-state index in [1.807, 2.05) is 12.1 Å². The zero-order valence-electron chi connectivity index (χ0n) is 25.9. The van der Waals surface area contributed by atoms with Gasteiger partial charge < -0.3 is 26.2 Å². The highest BCUT2D eigenvalue weighted by Crippen LogP contribution is 2.65. The number of ketones is 1. The lowest BCUT2D eigenvalue weighted by Gasteiger charge is -2.35. The molecule has 10 heteroatoms. The first-order valence-corrected chi connectivity index (χ1v) is 15.8. The molecule has 5 rings (SSSR count). The summed E-state index contributed by atoms with van der Waals surface area (Å²) in [4.78, 5) is 68.7. The van der Waals surface area contributed by atoms with Crippen LogP contribution in [0.3, 0.4) is 0 Å². The first-order chi connectivity index (χ1) is 21.0. The Hall–Kier alpha value is -3.95. The summed E-state index contributed by atoms with van der Waals surface area (Å²) in [5, 5.41) is 11.3. The number of nitrogens with zero attached hydrogens (tertiary/aromatic N) is 1. The van der Waals surface area contributed by atoms with Gasteiger partial charge >= 0.3 is 6.03 Å². The van der Waals surface area contributed by atoms with E-state index < -0.39 is 35.7 Å². The van der Waals surface area contributed by atoms with E-state index in [2.05, 4.69) is 67.3 Å². The van der Waals surface area contributed by atoms with Crippen molar-refractivity contribution in [3.63, 3.8) is 0 Å². The predicted molar refractivity (Wildman–Crippen MR) is 166 cm³/mol. The van der Waals surface area contributed by atoms with Gasteiger partial charge in [-0.25, -0.2) is 4.79 Å². The minimum Gasteiger partial charge on any atom is -0.346 e. The van der Waals surface area contributed by atoms with E-state index in [0.717, 1.165) is 17.5 Å². The van der Waals surface area contributed by atoms with Crippen molar-refractivity contribution in [3.8, 4) is 0 Å². The first-order valence-electron chi connectivity index (χ1n) is 15.8. The van der Waals surface area contributed by atoms with E-state index in [0.29, 0.717) is 31.7 Å². The van der Waals surface area contributed by atoms with Crippen LogP contribution in [0.2, 0.25) is 0 Å². The number of carbonyl (C=O) groups is 5. The summed E-state index contributed by atoms with van der Waals surface area (Å²) < 4.78 is 0. The number of benzene rings is 1. The average Bonchev–Trinajstić information content (AvgIpc) is 3.60. The zero-order chi connectivity index (χ0) is 31.8. The number of rotatable bonds is 13. The molecule has 1 aliphatic heterocycles. The number of likely N-dealkylation sites (tertiary alicyclic amines) is 1. The van der Waals surface area contributed by atoms with Crippen molar-refractivity contribution in [3.05, 3.63) is 60.7 Å². The molecule has 236 valence electrons. The van der Waals surface area contributed by atoms with Crippen LogP contribution in [0.25, 0.3) is 0 Å². The molecule has 4 N–H and O–H groups in total. The quantitative estimate of drug-likeness (QED) is 0.203. The maximum atomic E-state index is 14.4. The number of hydrogen-bond donors (Lipinski definition) is 4. The number of amides is 5. The van der Waals surface area contributed by atoms with Gasteiger partial charge in [0.25, 0.3) is 5.91 Å². The lowest BCUT2D eigenvalue weighted by atomic mass is 9.93. The van der Waals surface area contributed by atoms with Crippen molar-refractivity contribution in [1.29, 1.82) is 0 Å². The van der Waals surface area contributed by atoms with Crippen LogP contribution in [-0.4, -0.2) is 71.7 Å². The topological polar surface area (TPSA) is 137 Å². The molecule has 7 atom stereocenters. The molecule has 3 fully saturated rings. The minimum atomic E-state index is -1.06. The molecule has 1 aromatic carbocycles. The summed E-state index contributed by atoms with van der Waals surface area (Å²) in [6, 6.07) is 5.07. The number of nitrogens with one attached hydrogen (secondary N) is 4. The second-order valence-electron chi connectivity index (χ2n) is 13.5. The molecule has 0 bridgehead atoms. The zero-order valence-corrected chi connectivity index (χ0v) is 25.9. The van der Waals surface area contributed by atoms with Crippen molar-refractivity contribution in [2.24, 2.45) is 29.1 Å². The smallest absolute Gasteiger partial charge is 0.315 e. The SMILES string of the molecule is C=CCCC(NC(=O)[C@@H]1C2C(CN1C(=O)[C@@H](NC(=O)NC1CC1C)C1Cc3ccccc3C1)C2(C)C)C(=O)C(=O)NCC=C. The number of allylic oxidation sites excluding steroid dienone is 1. The van der Waals surface area contributed by atoms with Crippen molar-refractivity contribution >= 4 is 29.5 Å². The molecule has 3 aliphatic carbocycles. The number of urea groups is 1. The Balaban J connectivity index is 1.37. The highest BCUT2D eigenvalue weighted by atomic mass is 16.2. The second-order valence-corrected chi connectivity index (χ2v) is 13.5. The number of Topliss-reactive ketones (excluding diaryl/α,β-unsaturated/α-hetero) is 1. The lowest BCUT2D eigenvalue weighted by Crippen LogP contribution is -2.60. The van der Waals surface area contributed by atoms with Gasteiger partial charge in [-0.15, -0.1) is 13.2 Å². The molecular weight excluding hydrogens is 558 g/mol. The molecule has 1 aromatic rings. The molecule has 2 saturated carbocycles. The Morgan fingerprint density at radius 1 is 1.05 bits per heavy atom. The molecule has 0 spiro atoms. The number of piperidine rings is 1. The van der Waals surface area contributed by atoms with E-state index in [1.54, 1.807) is 11.0 Å². The van der Waals surface area contributed by atoms with Gasteiger partial charge in [0.1, 0.15) is 12.1 Å². The van der Waals surface area contributed by atoms with E-state index >= 15 is 0 Å². The summed E-state index contributed by atoms with van der Waals surface area (Å²) in [5.41, 5.74) is 2.16. The molecule has 4 aliphatic rings. The Labute approximate surface area is 259 Å². The summed E-state index contributed by atoms with van der Waals surface area (Å²) in [6.45, 7) is 14.0. The third-order valence-electron chi connectivity index (χ3n) is 10.2. The van der Waals surface area contributed by atoms with E-state index in [1.165, 1.54) is 6.08 Å². The summed E-state index contributed by atoms with van der Waals surface area (Å²) >= 11 is 0. The highest BCUT2D eigenvalue weighted by Gasteiger charge is 2.69. The van der Waals surface area contributed by atoms with Crippen LogP contribution >= 0.6 is 0 Å². The Morgan fingerprint density at radius 2 is 1.70 bits per heavy atom. The second kappa shape index (κ2) is 12.6. The Bertz CT molecular complexity index is 1330. The van der Waals surface area contributed by atoms with Gasteiger partial charge in [0.15, 0.2) is 0 Å². The van der Waals surface area contributed by atoms with Crippen LogP contribution < -0.4 is 21.3 Å². The first kappa shape index (κ1) is 31.5. The fourth-order valence-electron chi connectivity index (χ4n) is 7.30. The van der Waals surface area contributed by atoms with Crippen LogP contribution in [0.15, 0.2) is 49.6 Å². The highest BCUT2D eigenvalue weighted by molar-refractivity contribution is 6.38. The average molecular weight is 604 g/mol. The lowest BCUT2D eigenvalue weighted by molar-refractivity contribution is -0.144. The molecule has 0 radical (unpaired) electrons. The monoisotopic (exact) mass is 603 g/mol. The number of fused-ring (bicyclic) bond motifs is 2. The Kier molecular flexibility index (Phi) is 9.00. The summed E-state index contributed by atoms with van der Waals surface area (Å²) in [7, 11) is 0. The molecule has 0 aromatic heterocycles. The van der Waals surface area contributed by atoms with Crippen LogP contribution in [0.5, 0.6) is 0 Å². The largest absolute Gasteiger partial charge is 0.346 e. The van der Waals surface area contributed by atoms with Crippen LogP contribution in [0, 0.1) is 29.1 Å². The molecule has 44 heavy (non-hydrogen) atoms. The van der Waals surface area contributed by atoms with Gasteiger partial charge in [0.05, 0.1) is 6.04 Å². The van der Waals surface area contributed by atoms with Gasteiger partial charge in [-0.3, -0.25) is 19.2 Å². The molecule has 5 amide bonds. The summed E-state index contributed by atoms with van der Waals surface area (Å²) in [6.07, 6.45) is 5.92. The van der Waals surface area contributed by atoms with E-state index in [-0.39, 0.29) is 54.1 Å². The standard InChI is InChI=1S/C34H45N5O5/c1-6-8-13-24(29(40)31(42)35-14-7-2)36-30(41)28-26-23(34(26,4)5)18-39(28)32(43)27(38-33(44)37-25-15-19(25)3)22-16-20-11-9-10-12-21(20)17-22/h6-7,9-12,19,22-28H,1-2,8,13-18H2,3-5H3,(H,35,42)(H,36,41)(H2,37,38,44)/t19?,23?,24?,25?,26?,27-,28-/m0/s1. The van der Waals surface area contributed by atoms with Crippen molar-refractivity contribution in [1.82, 2.24) is 26.2 Å². The molecule has 10 nitrogen and oxygen atoms in total. The van der Waals surface area contributed by atoms with Crippen LogP contribution in [-0.2, 0) is 32.0 Å². The van der Waals surface area contributed by atoms with E-state index in [9.17, 15) is 24.0 Å². The minimum absolute atomic E-state index is 0.0963. The normalized spacial score (nSPS) is 27.2. The van der Waals surface area contributed by atoms with Gasteiger partial charge in [0, 0.05) is 19.1 Å². The van der Waals surface area contributed by atoms with Crippen LogP contribution in [0.1, 0.15) is 51.2 Å².